The van der Waals surface area contributed by atoms with E-state index >= 15 is 0 Å². The highest BCUT2D eigenvalue weighted by Gasteiger charge is 2.16. The Labute approximate surface area is 222 Å². The van der Waals surface area contributed by atoms with Gasteiger partial charge in [-0.3, -0.25) is 20.2 Å². The summed E-state index contributed by atoms with van der Waals surface area (Å²) in [6, 6.07) is 22.3. The molecule has 5 aromatic rings. The first-order chi connectivity index (χ1) is 18.3. The van der Waals surface area contributed by atoms with Gasteiger partial charge in [0, 0.05) is 28.9 Å². The molecule has 0 spiro atoms. The van der Waals surface area contributed by atoms with Gasteiger partial charge in [-0.1, -0.05) is 32.0 Å². The SMILES string of the molecule is CC(C)c1ccc2oc(-c3ccc(NC(=S)NC(=O)c4ccc(-c5cccc([N+](=O)[O-])c5)o4)cc3)nc2c1. The molecule has 190 valence electrons. The fourth-order valence-corrected chi connectivity index (χ4v) is 4.05. The molecule has 5 rings (SSSR count). The van der Waals surface area contributed by atoms with E-state index in [9.17, 15) is 14.9 Å². The molecule has 0 radical (unpaired) electrons. The highest BCUT2D eigenvalue weighted by atomic mass is 32.1. The number of carbonyl (C=O) groups excluding carboxylic acids is 1. The lowest BCUT2D eigenvalue weighted by atomic mass is 10.0. The van der Waals surface area contributed by atoms with Gasteiger partial charge >= 0.3 is 0 Å². The Morgan fingerprint density at radius 2 is 1.76 bits per heavy atom. The largest absolute Gasteiger partial charge is 0.451 e. The van der Waals surface area contributed by atoms with Crippen LogP contribution in [0.25, 0.3) is 33.9 Å². The quantitative estimate of drug-likeness (QED) is 0.139. The van der Waals surface area contributed by atoms with Crippen molar-refractivity contribution in [3.05, 3.63) is 100 Å². The molecule has 38 heavy (non-hydrogen) atoms. The Balaban J connectivity index is 1.22. The number of nitrogens with one attached hydrogen (secondary N) is 2. The van der Waals surface area contributed by atoms with Crippen LogP contribution in [-0.4, -0.2) is 20.9 Å². The summed E-state index contributed by atoms with van der Waals surface area (Å²) in [5.74, 6) is 0.705. The van der Waals surface area contributed by atoms with Crippen molar-refractivity contribution in [2.24, 2.45) is 0 Å². The zero-order valence-electron chi connectivity index (χ0n) is 20.4. The Hall–Kier alpha value is -4.83. The van der Waals surface area contributed by atoms with Gasteiger partial charge in [-0.05, 0) is 72.2 Å². The van der Waals surface area contributed by atoms with E-state index in [4.69, 9.17) is 21.1 Å². The summed E-state index contributed by atoms with van der Waals surface area (Å²) >= 11 is 5.27. The highest BCUT2D eigenvalue weighted by molar-refractivity contribution is 7.80. The van der Waals surface area contributed by atoms with Crippen LogP contribution < -0.4 is 10.6 Å². The van der Waals surface area contributed by atoms with Gasteiger partial charge in [0.05, 0.1) is 4.92 Å². The summed E-state index contributed by atoms with van der Waals surface area (Å²) in [7, 11) is 0. The minimum absolute atomic E-state index is 0.0163. The number of thiocarbonyl (C=S) groups is 1. The fourth-order valence-electron chi connectivity index (χ4n) is 3.84. The smallest absolute Gasteiger partial charge is 0.293 e. The molecule has 0 aliphatic heterocycles. The monoisotopic (exact) mass is 526 g/mol. The van der Waals surface area contributed by atoms with Crippen LogP contribution >= 0.6 is 12.2 Å². The lowest BCUT2D eigenvalue weighted by Gasteiger charge is -2.09. The number of anilines is 1. The maximum atomic E-state index is 12.6. The molecule has 10 heteroatoms. The van der Waals surface area contributed by atoms with Crippen LogP contribution in [0.3, 0.4) is 0 Å². The number of non-ortho nitro benzene ring substituents is 1. The molecule has 9 nitrogen and oxygen atoms in total. The molecule has 0 saturated heterocycles. The Morgan fingerprint density at radius 1 is 0.974 bits per heavy atom. The van der Waals surface area contributed by atoms with Gasteiger partial charge in [-0.2, -0.15) is 0 Å². The first-order valence-electron chi connectivity index (χ1n) is 11.7. The van der Waals surface area contributed by atoms with Crippen molar-refractivity contribution >= 4 is 45.7 Å². The van der Waals surface area contributed by atoms with Crippen LogP contribution in [0, 0.1) is 10.1 Å². The number of nitrogens with zero attached hydrogens (tertiary/aromatic N) is 2. The Bertz CT molecular complexity index is 1670. The van der Waals surface area contributed by atoms with E-state index in [1.54, 1.807) is 30.3 Å². The van der Waals surface area contributed by atoms with Crippen molar-refractivity contribution < 1.29 is 18.6 Å². The van der Waals surface area contributed by atoms with Gasteiger partial charge in [-0.15, -0.1) is 0 Å². The van der Waals surface area contributed by atoms with Gasteiger partial charge < -0.3 is 14.2 Å². The highest BCUT2D eigenvalue weighted by Crippen LogP contribution is 2.28. The number of nitro groups is 1. The van der Waals surface area contributed by atoms with Crippen molar-refractivity contribution in [3.63, 3.8) is 0 Å². The molecule has 0 fully saturated rings. The average Bonchev–Trinajstić information content (AvgIpc) is 3.56. The van der Waals surface area contributed by atoms with E-state index in [1.165, 1.54) is 23.8 Å². The maximum absolute atomic E-state index is 12.6. The normalized spacial score (nSPS) is 11.0. The minimum atomic E-state index is -0.553. The lowest BCUT2D eigenvalue weighted by Crippen LogP contribution is -2.33. The Morgan fingerprint density at radius 3 is 2.50 bits per heavy atom. The number of rotatable bonds is 6. The number of benzene rings is 3. The zero-order valence-corrected chi connectivity index (χ0v) is 21.2. The van der Waals surface area contributed by atoms with E-state index in [1.807, 2.05) is 30.3 Å². The predicted molar refractivity (Wildman–Crippen MR) is 148 cm³/mol. The van der Waals surface area contributed by atoms with Gasteiger partial charge in [0.1, 0.15) is 11.3 Å². The van der Waals surface area contributed by atoms with Crippen molar-refractivity contribution in [2.45, 2.75) is 19.8 Å². The second-order valence-electron chi connectivity index (χ2n) is 8.86. The number of amides is 1. The first kappa shape index (κ1) is 24.8. The number of carbonyl (C=O) groups is 1. The molecule has 0 bridgehead atoms. The lowest BCUT2D eigenvalue weighted by molar-refractivity contribution is -0.384. The number of oxazole rings is 1. The molecule has 2 aromatic heterocycles. The van der Waals surface area contributed by atoms with Gasteiger partial charge in [-0.25, -0.2) is 4.98 Å². The second-order valence-corrected chi connectivity index (χ2v) is 9.27. The summed E-state index contributed by atoms with van der Waals surface area (Å²) in [4.78, 5) is 27.7. The topological polar surface area (TPSA) is 123 Å². The van der Waals surface area contributed by atoms with Crippen LogP contribution in [0.15, 0.2) is 87.7 Å². The standard InChI is InChI=1S/C28H22N4O5S/c1-16(2)18-8-11-24-22(15-18)30-27(37-24)17-6-9-20(10-7-17)29-28(38)31-26(33)25-13-12-23(36-25)19-4-3-5-21(14-19)32(34)35/h3-16H,1-2H3,(H2,29,31,33,38). The molecule has 0 aliphatic carbocycles. The molecule has 0 unspecified atom stereocenters. The first-order valence-corrected chi connectivity index (χ1v) is 12.2. The second kappa shape index (κ2) is 10.3. The van der Waals surface area contributed by atoms with E-state index in [0.29, 0.717) is 28.8 Å². The van der Waals surface area contributed by atoms with E-state index in [2.05, 4.69) is 29.5 Å². The number of fused-ring (bicyclic) bond motifs is 1. The third kappa shape index (κ3) is 5.30. The number of furan rings is 1. The average molecular weight is 527 g/mol. The van der Waals surface area contributed by atoms with Gasteiger partial charge in [0.25, 0.3) is 11.6 Å². The van der Waals surface area contributed by atoms with Crippen molar-refractivity contribution in [2.75, 3.05) is 5.32 Å². The number of hydrogen-bond acceptors (Lipinski definition) is 7. The van der Waals surface area contributed by atoms with E-state index < -0.39 is 10.8 Å². The minimum Gasteiger partial charge on any atom is -0.451 e. The number of nitro benzene ring substituents is 1. The summed E-state index contributed by atoms with van der Waals surface area (Å²) in [5.41, 5.74) is 4.61. The van der Waals surface area contributed by atoms with Crippen LogP contribution in [0.2, 0.25) is 0 Å². The molecule has 2 N–H and O–H groups in total. The fraction of sp³-hybridized carbons (Fsp3) is 0.107. The van der Waals surface area contributed by atoms with E-state index in [-0.39, 0.29) is 16.6 Å². The van der Waals surface area contributed by atoms with Gasteiger partial charge in [0.15, 0.2) is 16.5 Å². The summed E-state index contributed by atoms with van der Waals surface area (Å²) in [5, 5.41) is 16.6. The molecule has 0 saturated carbocycles. The molecule has 2 heterocycles. The van der Waals surface area contributed by atoms with Crippen LogP contribution in [0.4, 0.5) is 11.4 Å². The van der Waals surface area contributed by atoms with Crippen LogP contribution in [-0.2, 0) is 0 Å². The summed E-state index contributed by atoms with van der Waals surface area (Å²) in [6.07, 6.45) is 0. The third-order valence-electron chi connectivity index (χ3n) is 5.87. The zero-order chi connectivity index (χ0) is 26.8. The molecule has 3 aromatic carbocycles. The van der Waals surface area contributed by atoms with Crippen molar-refractivity contribution in [1.29, 1.82) is 0 Å². The molecule has 0 atom stereocenters. The molecular weight excluding hydrogens is 504 g/mol. The predicted octanol–water partition coefficient (Wildman–Crippen LogP) is 6.91. The molecular formula is C28H22N4O5S. The Kier molecular flexibility index (Phi) is 6.71. The van der Waals surface area contributed by atoms with Crippen LogP contribution in [0.1, 0.15) is 35.9 Å². The van der Waals surface area contributed by atoms with E-state index in [0.717, 1.165) is 16.7 Å². The maximum Gasteiger partial charge on any atom is 0.293 e. The van der Waals surface area contributed by atoms with Gasteiger partial charge in [0.2, 0.25) is 5.89 Å². The number of aromatic nitrogens is 1. The van der Waals surface area contributed by atoms with Crippen LogP contribution in [0.5, 0.6) is 0 Å². The molecule has 0 aliphatic rings. The summed E-state index contributed by atoms with van der Waals surface area (Å²) in [6.45, 7) is 4.26. The van der Waals surface area contributed by atoms with Crippen molar-refractivity contribution in [3.8, 4) is 22.8 Å². The molecule has 1 amide bonds. The van der Waals surface area contributed by atoms with Crippen molar-refractivity contribution in [1.82, 2.24) is 10.3 Å². The number of hydrogen-bond donors (Lipinski definition) is 2. The summed E-state index contributed by atoms with van der Waals surface area (Å²) < 4.78 is 11.5. The third-order valence-corrected chi connectivity index (χ3v) is 6.07.